The summed E-state index contributed by atoms with van der Waals surface area (Å²) in [5.41, 5.74) is 11.9. The van der Waals surface area contributed by atoms with E-state index in [9.17, 15) is 9.59 Å². The number of nitrogens with one attached hydrogen (secondary N) is 1. The van der Waals surface area contributed by atoms with Crippen molar-refractivity contribution >= 4 is 17.5 Å². The lowest BCUT2D eigenvalue weighted by molar-refractivity contribution is 0.0999. The zero-order valence-electron chi connectivity index (χ0n) is 11.0. The molecule has 0 spiro atoms. The van der Waals surface area contributed by atoms with Gasteiger partial charge in [0.15, 0.2) is 0 Å². The van der Waals surface area contributed by atoms with E-state index in [-0.39, 0.29) is 0 Å². The predicted molar refractivity (Wildman–Crippen MR) is 76.2 cm³/mol. The van der Waals surface area contributed by atoms with Crippen molar-refractivity contribution in [2.75, 3.05) is 5.32 Å². The maximum absolute atomic E-state index is 11.3. The Bertz CT molecular complexity index is 577. The van der Waals surface area contributed by atoms with Crippen LogP contribution in [0.1, 0.15) is 33.6 Å². The molecule has 1 saturated carbocycles. The van der Waals surface area contributed by atoms with E-state index in [1.54, 1.807) is 12.1 Å². The molecule has 104 valence electrons. The molecule has 20 heavy (non-hydrogen) atoms. The van der Waals surface area contributed by atoms with Gasteiger partial charge in [0.25, 0.3) is 0 Å². The van der Waals surface area contributed by atoms with Gasteiger partial charge in [-0.3, -0.25) is 9.59 Å². The highest BCUT2D eigenvalue weighted by atomic mass is 16.1. The van der Waals surface area contributed by atoms with Crippen molar-refractivity contribution in [3.8, 4) is 0 Å². The Kier molecular flexibility index (Phi) is 2.97. The monoisotopic (exact) mass is 271 g/mol. The lowest BCUT2D eigenvalue weighted by Gasteiger charge is -2.41. The summed E-state index contributed by atoms with van der Waals surface area (Å²) in [6.07, 6.45) is 6.70. The van der Waals surface area contributed by atoms with Gasteiger partial charge in [-0.25, -0.2) is 0 Å². The Balaban J connectivity index is 1.83. The molecule has 0 heterocycles. The van der Waals surface area contributed by atoms with Crippen molar-refractivity contribution in [2.24, 2.45) is 23.3 Å². The molecule has 5 heteroatoms. The fraction of sp³-hybridized carbons (Fsp3) is 0.333. The maximum Gasteiger partial charge on any atom is 0.248 e. The molecule has 5 nitrogen and oxygen atoms in total. The lowest BCUT2D eigenvalue weighted by Crippen LogP contribution is -2.43. The van der Waals surface area contributed by atoms with Crippen molar-refractivity contribution < 1.29 is 9.59 Å². The van der Waals surface area contributed by atoms with E-state index in [1.807, 2.05) is 0 Å². The molecule has 1 fully saturated rings. The van der Waals surface area contributed by atoms with Gasteiger partial charge in [0, 0.05) is 28.8 Å². The number of anilines is 1. The van der Waals surface area contributed by atoms with E-state index in [0.29, 0.717) is 23.1 Å². The normalized spacial score (nSPS) is 26.7. The van der Waals surface area contributed by atoms with E-state index in [0.717, 1.165) is 24.4 Å². The van der Waals surface area contributed by atoms with Crippen LogP contribution in [0.15, 0.2) is 30.4 Å². The molecule has 3 rings (SSSR count). The second-order valence-corrected chi connectivity index (χ2v) is 5.52. The van der Waals surface area contributed by atoms with E-state index in [4.69, 9.17) is 11.5 Å². The number of amides is 2. The Morgan fingerprint density at radius 3 is 2.30 bits per heavy atom. The van der Waals surface area contributed by atoms with Gasteiger partial charge in [-0.2, -0.15) is 0 Å². The van der Waals surface area contributed by atoms with Crippen molar-refractivity contribution in [3.63, 3.8) is 0 Å². The van der Waals surface area contributed by atoms with E-state index >= 15 is 0 Å². The summed E-state index contributed by atoms with van der Waals surface area (Å²) in [6, 6.07) is 5.11. The number of carbonyl (C=O) groups excluding carboxylic acids is 2. The molecule has 0 aliphatic heterocycles. The van der Waals surface area contributed by atoms with Gasteiger partial charge in [-0.15, -0.1) is 0 Å². The first-order valence-electron chi connectivity index (χ1n) is 6.72. The average Bonchev–Trinajstić information content (AvgIpc) is 2.77. The Morgan fingerprint density at radius 1 is 1.10 bits per heavy atom. The molecule has 0 aromatic heterocycles. The smallest absolute Gasteiger partial charge is 0.248 e. The summed E-state index contributed by atoms with van der Waals surface area (Å²) in [5, 5.41) is 3.37. The largest absolute Gasteiger partial charge is 0.382 e. The minimum absolute atomic E-state index is 0.293. The third-order valence-electron chi connectivity index (χ3n) is 4.22. The highest BCUT2D eigenvalue weighted by molar-refractivity contribution is 5.99. The SMILES string of the molecule is NC(=O)c1cc(NC2CC3CC=CC32)cc(C(N)=O)c1. The minimum atomic E-state index is -0.566. The molecule has 1 aromatic carbocycles. The van der Waals surface area contributed by atoms with Crippen LogP contribution < -0.4 is 16.8 Å². The van der Waals surface area contributed by atoms with Crippen LogP contribution in [0.25, 0.3) is 0 Å². The molecule has 1 aromatic rings. The summed E-state index contributed by atoms with van der Waals surface area (Å²) in [4.78, 5) is 22.6. The zero-order valence-corrected chi connectivity index (χ0v) is 11.0. The summed E-state index contributed by atoms with van der Waals surface area (Å²) in [6.45, 7) is 0. The van der Waals surface area contributed by atoms with Gasteiger partial charge in [-0.05, 0) is 37.0 Å². The first-order valence-corrected chi connectivity index (χ1v) is 6.72. The highest BCUT2D eigenvalue weighted by Crippen LogP contribution is 2.44. The lowest BCUT2D eigenvalue weighted by atomic mass is 9.71. The van der Waals surface area contributed by atoms with Crippen LogP contribution in [0.5, 0.6) is 0 Å². The molecule has 2 aliphatic rings. The number of fused-ring (bicyclic) bond motifs is 1. The quantitative estimate of drug-likeness (QED) is 0.719. The summed E-state index contributed by atoms with van der Waals surface area (Å²) < 4.78 is 0. The molecule has 0 bridgehead atoms. The van der Waals surface area contributed by atoms with Crippen molar-refractivity contribution in [2.45, 2.75) is 18.9 Å². The van der Waals surface area contributed by atoms with Gasteiger partial charge in [-0.1, -0.05) is 12.2 Å². The number of primary amides is 2. The van der Waals surface area contributed by atoms with Crippen molar-refractivity contribution in [1.29, 1.82) is 0 Å². The average molecular weight is 271 g/mol. The molecule has 5 N–H and O–H groups in total. The minimum Gasteiger partial charge on any atom is -0.382 e. The van der Waals surface area contributed by atoms with Crippen LogP contribution in [-0.4, -0.2) is 17.9 Å². The number of hydrogen-bond acceptors (Lipinski definition) is 3. The maximum atomic E-state index is 11.3. The van der Waals surface area contributed by atoms with Gasteiger partial charge in [0.1, 0.15) is 0 Å². The van der Waals surface area contributed by atoms with E-state index < -0.39 is 11.8 Å². The van der Waals surface area contributed by atoms with E-state index in [2.05, 4.69) is 17.5 Å². The second-order valence-electron chi connectivity index (χ2n) is 5.52. The van der Waals surface area contributed by atoms with Gasteiger partial charge >= 0.3 is 0 Å². The van der Waals surface area contributed by atoms with Crippen LogP contribution in [0.3, 0.4) is 0 Å². The Hall–Kier alpha value is -2.30. The fourth-order valence-electron chi connectivity index (χ4n) is 3.09. The van der Waals surface area contributed by atoms with Gasteiger partial charge < -0.3 is 16.8 Å². The second kappa shape index (κ2) is 4.67. The Morgan fingerprint density at radius 2 is 1.75 bits per heavy atom. The number of benzene rings is 1. The van der Waals surface area contributed by atoms with Crippen LogP contribution in [0.4, 0.5) is 5.69 Å². The summed E-state index contributed by atoms with van der Waals surface area (Å²) >= 11 is 0. The summed E-state index contributed by atoms with van der Waals surface area (Å²) in [7, 11) is 0. The van der Waals surface area contributed by atoms with Crippen LogP contribution in [0, 0.1) is 11.8 Å². The fourth-order valence-corrected chi connectivity index (χ4v) is 3.09. The topological polar surface area (TPSA) is 98.2 Å². The third-order valence-corrected chi connectivity index (χ3v) is 4.22. The first-order chi connectivity index (χ1) is 9.54. The number of allylic oxidation sites excluding steroid dienone is 1. The standard InChI is InChI=1S/C15H17N3O2/c16-14(19)9-4-10(15(17)20)6-11(5-9)18-13-7-8-2-1-3-12(8)13/h1,3-6,8,12-13,18H,2,7H2,(H2,16,19)(H2,17,20). The first kappa shape index (κ1) is 12.7. The highest BCUT2D eigenvalue weighted by Gasteiger charge is 2.40. The molecule has 0 saturated heterocycles. The van der Waals surface area contributed by atoms with Crippen LogP contribution in [-0.2, 0) is 0 Å². The van der Waals surface area contributed by atoms with Gasteiger partial charge in [0.2, 0.25) is 11.8 Å². The van der Waals surface area contributed by atoms with E-state index in [1.165, 1.54) is 6.07 Å². The number of nitrogens with two attached hydrogens (primary N) is 2. The summed E-state index contributed by atoms with van der Waals surface area (Å²) in [5.74, 6) is 0.151. The van der Waals surface area contributed by atoms with Crippen molar-refractivity contribution in [1.82, 2.24) is 0 Å². The predicted octanol–water partition coefficient (Wildman–Crippen LogP) is 1.26. The number of carbonyl (C=O) groups is 2. The van der Waals surface area contributed by atoms with Crippen molar-refractivity contribution in [3.05, 3.63) is 41.5 Å². The molecular weight excluding hydrogens is 254 g/mol. The molecular formula is C15H17N3O2. The molecule has 3 atom stereocenters. The molecule has 2 aliphatic carbocycles. The molecule has 2 amide bonds. The number of hydrogen-bond donors (Lipinski definition) is 3. The van der Waals surface area contributed by atoms with Crippen LogP contribution in [0.2, 0.25) is 0 Å². The zero-order chi connectivity index (χ0) is 14.3. The Labute approximate surface area is 117 Å². The number of rotatable bonds is 4. The molecule has 3 unspecified atom stereocenters. The molecule has 0 radical (unpaired) electrons. The third kappa shape index (κ3) is 2.15. The van der Waals surface area contributed by atoms with Crippen LogP contribution >= 0.6 is 0 Å². The van der Waals surface area contributed by atoms with Gasteiger partial charge in [0.05, 0.1) is 0 Å².